The van der Waals surface area contributed by atoms with Crippen molar-refractivity contribution >= 4 is 11.8 Å². The summed E-state index contributed by atoms with van der Waals surface area (Å²) in [6.45, 7) is 1.34. The molecule has 2 amide bonds. The molecule has 0 radical (unpaired) electrons. The van der Waals surface area contributed by atoms with Gasteiger partial charge in [-0.3, -0.25) is 9.59 Å². The summed E-state index contributed by atoms with van der Waals surface area (Å²) < 4.78 is 5.18. The van der Waals surface area contributed by atoms with Crippen molar-refractivity contribution < 1.29 is 14.0 Å². The molecule has 1 saturated heterocycles. The molecular formula is C19H28N2O3. The lowest BCUT2D eigenvalue weighted by Crippen LogP contribution is -2.46. The number of carbonyl (C=O) groups is 2. The van der Waals surface area contributed by atoms with Gasteiger partial charge in [0.25, 0.3) is 5.91 Å². The summed E-state index contributed by atoms with van der Waals surface area (Å²) >= 11 is 0. The van der Waals surface area contributed by atoms with Crippen molar-refractivity contribution in [2.75, 3.05) is 13.1 Å². The number of hydrogen-bond donors (Lipinski definition) is 1. The van der Waals surface area contributed by atoms with E-state index >= 15 is 0 Å². The van der Waals surface area contributed by atoms with Crippen LogP contribution in [0.3, 0.4) is 0 Å². The number of nitrogens with one attached hydrogen (secondary N) is 1. The van der Waals surface area contributed by atoms with E-state index in [1.165, 1.54) is 44.8 Å². The van der Waals surface area contributed by atoms with Crippen LogP contribution in [0.4, 0.5) is 0 Å². The van der Waals surface area contributed by atoms with Crippen molar-refractivity contribution in [3.63, 3.8) is 0 Å². The quantitative estimate of drug-likeness (QED) is 0.813. The molecule has 0 aromatic carbocycles. The van der Waals surface area contributed by atoms with Crippen LogP contribution in [0.15, 0.2) is 22.8 Å². The molecule has 2 heterocycles. The Bertz CT molecular complexity index is 535. The van der Waals surface area contributed by atoms with Gasteiger partial charge in [-0.25, -0.2) is 0 Å². The van der Waals surface area contributed by atoms with Crippen molar-refractivity contribution in [2.45, 2.75) is 63.8 Å². The molecule has 2 fully saturated rings. The molecule has 3 rings (SSSR count). The zero-order valence-corrected chi connectivity index (χ0v) is 14.3. The van der Waals surface area contributed by atoms with E-state index in [1.807, 2.05) is 0 Å². The standard InChI is InChI=1S/C19H28N2O3/c22-18(20-12-4-9-15-7-2-1-3-8-15)16-10-5-13-21(16)19(23)17-11-6-14-24-17/h6,11,14-16H,1-5,7-10,12-13H2,(H,20,22)/t16-/m1/s1. The fraction of sp³-hybridized carbons (Fsp3) is 0.684. The monoisotopic (exact) mass is 332 g/mol. The van der Waals surface area contributed by atoms with Gasteiger partial charge in [-0.2, -0.15) is 0 Å². The Morgan fingerprint density at radius 3 is 2.75 bits per heavy atom. The maximum atomic E-state index is 12.4. The number of rotatable bonds is 6. The zero-order valence-electron chi connectivity index (χ0n) is 14.3. The lowest BCUT2D eigenvalue weighted by Gasteiger charge is -2.24. The van der Waals surface area contributed by atoms with E-state index in [9.17, 15) is 9.59 Å². The molecule has 1 aromatic rings. The van der Waals surface area contributed by atoms with E-state index in [1.54, 1.807) is 17.0 Å². The van der Waals surface area contributed by atoms with Crippen molar-refractivity contribution in [3.05, 3.63) is 24.2 Å². The fourth-order valence-electron chi connectivity index (χ4n) is 4.02. The molecular weight excluding hydrogens is 304 g/mol. The van der Waals surface area contributed by atoms with Crippen LogP contribution in [0, 0.1) is 5.92 Å². The van der Waals surface area contributed by atoms with Crippen molar-refractivity contribution in [3.8, 4) is 0 Å². The van der Waals surface area contributed by atoms with E-state index in [-0.39, 0.29) is 17.9 Å². The topological polar surface area (TPSA) is 62.6 Å². The van der Waals surface area contributed by atoms with Crippen molar-refractivity contribution in [2.24, 2.45) is 5.92 Å². The Labute approximate surface area is 143 Å². The summed E-state index contributed by atoms with van der Waals surface area (Å²) in [5.41, 5.74) is 0. The lowest BCUT2D eigenvalue weighted by molar-refractivity contribution is -0.124. The number of amides is 2. The third-order valence-corrected chi connectivity index (χ3v) is 5.36. The Morgan fingerprint density at radius 1 is 1.17 bits per heavy atom. The third kappa shape index (κ3) is 4.19. The molecule has 0 unspecified atom stereocenters. The number of hydrogen-bond acceptors (Lipinski definition) is 3. The normalized spacial score (nSPS) is 21.8. The highest BCUT2D eigenvalue weighted by Gasteiger charge is 2.35. The second kappa shape index (κ2) is 8.36. The molecule has 1 aromatic heterocycles. The van der Waals surface area contributed by atoms with Gasteiger partial charge in [0.2, 0.25) is 5.91 Å². The summed E-state index contributed by atoms with van der Waals surface area (Å²) in [7, 11) is 0. The Hall–Kier alpha value is -1.78. The zero-order chi connectivity index (χ0) is 16.8. The van der Waals surface area contributed by atoms with Crippen LogP contribution in [0.25, 0.3) is 0 Å². The second-order valence-corrected chi connectivity index (χ2v) is 7.07. The summed E-state index contributed by atoms with van der Waals surface area (Å²) in [6, 6.07) is 3.00. The first-order valence-corrected chi connectivity index (χ1v) is 9.38. The molecule has 2 aliphatic rings. The second-order valence-electron chi connectivity index (χ2n) is 7.07. The molecule has 1 aliphatic heterocycles. The Kier molecular flexibility index (Phi) is 5.94. The summed E-state index contributed by atoms with van der Waals surface area (Å²) in [4.78, 5) is 26.5. The van der Waals surface area contributed by atoms with Gasteiger partial charge >= 0.3 is 0 Å². The molecule has 5 heteroatoms. The van der Waals surface area contributed by atoms with Crippen LogP contribution in [0.1, 0.15) is 68.3 Å². The first-order valence-electron chi connectivity index (χ1n) is 9.38. The lowest BCUT2D eigenvalue weighted by atomic mass is 9.86. The van der Waals surface area contributed by atoms with Gasteiger partial charge in [-0.05, 0) is 43.7 Å². The third-order valence-electron chi connectivity index (χ3n) is 5.36. The number of furan rings is 1. The highest BCUT2D eigenvalue weighted by molar-refractivity contribution is 5.95. The van der Waals surface area contributed by atoms with Crippen LogP contribution >= 0.6 is 0 Å². The predicted octanol–water partition coefficient (Wildman–Crippen LogP) is 3.36. The molecule has 1 atom stereocenters. The van der Waals surface area contributed by atoms with Gasteiger partial charge in [0.15, 0.2) is 5.76 Å². The first-order chi connectivity index (χ1) is 11.8. The van der Waals surface area contributed by atoms with Crippen LogP contribution < -0.4 is 5.32 Å². The van der Waals surface area contributed by atoms with E-state index in [2.05, 4.69) is 5.32 Å². The van der Waals surface area contributed by atoms with Crippen molar-refractivity contribution in [1.82, 2.24) is 10.2 Å². The van der Waals surface area contributed by atoms with E-state index in [4.69, 9.17) is 4.42 Å². The minimum atomic E-state index is -0.350. The maximum Gasteiger partial charge on any atom is 0.290 e. The number of likely N-dealkylation sites (tertiary alicyclic amines) is 1. The molecule has 5 nitrogen and oxygen atoms in total. The minimum absolute atomic E-state index is 0.0175. The van der Waals surface area contributed by atoms with E-state index < -0.39 is 0 Å². The molecule has 24 heavy (non-hydrogen) atoms. The largest absolute Gasteiger partial charge is 0.459 e. The molecule has 132 valence electrons. The van der Waals surface area contributed by atoms with E-state index in [0.717, 1.165) is 25.2 Å². The smallest absolute Gasteiger partial charge is 0.290 e. The molecule has 0 spiro atoms. The van der Waals surface area contributed by atoms with Crippen molar-refractivity contribution in [1.29, 1.82) is 0 Å². The van der Waals surface area contributed by atoms with Gasteiger partial charge in [-0.15, -0.1) is 0 Å². The van der Waals surface area contributed by atoms with Crippen LogP contribution in [-0.4, -0.2) is 35.8 Å². The van der Waals surface area contributed by atoms with Gasteiger partial charge in [0.1, 0.15) is 6.04 Å². The molecule has 1 aliphatic carbocycles. The van der Waals surface area contributed by atoms with Gasteiger partial charge in [0, 0.05) is 13.1 Å². The maximum absolute atomic E-state index is 12.4. The molecule has 0 bridgehead atoms. The fourth-order valence-corrected chi connectivity index (χ4v) is 4.02. The summed E-state index contributed by atoms with van der Waals surface area (Å²) in [5, 5.41) is 3.03. The average molecular weight is 332 g/mol. The highest BCUT2D eigenvalue weighted by atomic mass is 16.3. The Balaban J connectivity index is 1.42. The van der Waals surface area contributed by atoms with Crippen LogP contribution in [-0.2, 0) is 4.79 Å². The van der Waals surface area contributed by atoms with Crippen LogP contribution in [0.2, 0.25) is 0 Å². The highest BCUT2D eigenvalue weighted by Crippen LogP contribution is 2.27. The van der Waals surface area contributed by atoms with Gasteiger partial charge < -0.3 is 14.6 Å². The Morgan fingerprint density at radius 2 is 2.00 bits per heavy atom. The molecule has 1 saturated carbocycles. The minimum Gasteiger partial charge on any atom is -0.459 e. The number of nitrogens with zero attached hydrogens (tertiary/aromatic N) is 1. The van der Waals surface area contributed by atoms with Gasteiger partial charge in [-0.1, -0.05) is 32.1 Å². The van der Waals surface area contributed by atoms with E-state index in [0.29, 0.717) is 18.8 Å². The predicted molar refractivity (Wildman–Crippen MR) is 91.6 cm³/mol. The van der Waals surface area contributed by atoms with Crippen LogP contribution in [0.5, 0.6) is 0 Å². The van der Waals surface area contributed by atoms with Gasteiger partial charge in [0.05, 0.1) is 6.26 Å². The molecule has 1 N–H and O–H groups in total. The SMILES string of the molecule is O=C(NCCCC1CCCCC1)[C@H]1CCCN1C(=O)c1ccco1. The summed E-state index contributed by atoms with van der Waals surface area (Å²) in [6.07, 6.45) is 12.1. The number of carbonyl (C=O) groups excluding carboxylic acids is 2. The summed E-state index contributed by atoms with van der Waals surface area (Å²) in [5.74, 6) is 0.960. The average Bonchev–Trinajstić information content (AvgIpc) is 3.30. The first kappa shape index (κ1) is 17.1.